The SMILES string of the molecule is CCCCCCCC/C=C\CCCCCCCCCC(=O)OCCCC/C=C\CCCCCCCC(=O)NC(CO)C(O)/C=C/CCCCCCCCCCCCCCCC. The molecule has 0 aromatic carbocycles. The van der Waals surface area contributed by atoms with Gasteiger partial charge in [-0.2, -0.15) is 0 Å². The lowest BCUT2D eigenvalue weighted by Crippen LogP contribution is -2.45. The predicted molar refractivity (Wildman–Crippen MR) is 264 cm³/mol. The summed E-state index contributed by atoms with van der Waals surface area (Å²) < 4.78 is 5.44. The fourth-order valence-corrected chi connectivity index (χ4v) is 7.97. The Balaban J connectivity index is 3.55. The molecule has 358 valence electrons. The molecule has 0 aromatic rings. The van der Waals surface area contributed by atoms with Gasteiger partial charge in [-0.3, -0.25) is 9.59 Å². The number of allylic oxidation sites excluding steroid dienone is 5. The monoisotopic (exact) mass is 858 g/mol. The quantitative estimate of drug-likeness (QED) is 0.0322. The van der Waals surface area contributed by atoms with E-state index in [0.717, 1.165) is 83.5 Å². The molecule has 2 atom stereocenters. The molecule has 6 heteroatoms. The highest BCUT2D eigenvalue weighted by Crippen LogP contribution is 2.15. The molecular weight excluding hydrogens is 755 g/mol. The molecule has 2 unspecified atom stereocenters. The van der Waals surface area contributed by atoms with Crippen molar-refractivity contribution >= 4 is 11.9 Å². The Morgan fingerprint density at radius 3 is 1.16 bits per heavy atom. The Morgan fingerprint density at radius 1 is 0.443 bits per heavy atom. The van der Waals surface area contributed by atoms with Crippen LogP contribution in [0.15, 0.2) is 36.5 Å². The van der Waals surface area contributed by atoms with E-state index in [2.05, 4.69) is 43.5 Å². The molecule has 0 rings (SSSR count). The second kappa shape index (κ2) is 50.7. The van der Waals surface area contributed by atoms with Gasteiger partial charge in [0.1, 0.15) is 0 Å². The number of hydrogen-bond donors (Lipinski definition) is 3. The molecule has 0 spiro atoms. The van der Waals surface area contributed by atoms with Gasteiger partial charge in [0, 0.05) is 12.8 Å². The van der Waals surface area contributed by atoms with E-state index < -0.39 is 12.1 Å². The van der Waals surface area contributed by atoms with E-state index in [9.17, 15) is 19.8 Å². The van der Waals surface area contributed by atoms with E-state index in [1.165, 1.54) is 167 Å². The normalized spacial score (nSPS) is 12.9. The number of rotatable bonds is 49. The topological polar surface area (TPSA) is 95.9 Å². The van der Waals surface area contributed by atoms with Crippen molar-refractivity contribution < 1.29 is 24.5 Å². The second-order valence-electron chi connectivity index (χ2n) is 18.2. The Bertz CT molecular complexity index is 993. The van der Waals surface area contributed by atoms with E-state index in [1.54, 1.807) is 6.08 Å². The van der Waals surface area contributed by atoms with Crippen molar-refractivity contribution in [3.63, 3.8) is 0 Å². The molecule has 0 aliphatic heterocycles. The van der Waals surface area contributed by atoms with E-state index >= 15 is 0 Å². The van der Waals surface area contributed by atoms with Gasteiger partial charge in [-0.1, -0.05) is 217 Å². The van der Waals surface area contributed by atoms with Crippen molar-refractivity contribution in [3.8, 4) is 0 Å². The van der Waals surface area contributed by atoms with Crippen LogP contribution in [0, 0.1) is 0 Å². The van der Waals surface area contributed by atoms with Gasteiger partial charge >= 0.3 is 5.97 Å². The molecule has 0 bridgehead atoms. The van der Waals surface area contributed by atoms with Crippen molar-refractivity contribution in [1.82, 2.24) is 5.32 Å². The molecule has 0 saturated heterocycles. The number of ether oxygens (including phenoxy) is 1. The summed E-state index contributed by atoms with van der Waals surface area (Å²) in [6.07, 6.45) is 61.5. The number of amides is 1. The highest BCUT2D eigenvalue weighted by molar-refractivity contribution is 5.76. The number of hydrogen-bond acceptors (Lipinski definition) is 5. The van der Waals surface area contributed by atoms with E-state index in [4.69, 9.17) is 4.74 Å². The van der Waals surface area contributed by atoms with Crippen LogP contribution >= 0.6 is 0 Å². The molecule has 0 aliphatic carbocycles. The zero-order chi connectivity index (χ0) is 44.4. The lowest BCUT2D eigenvalue weighted by Gasteiger charge is -2.20. The molecule has 0 radical (unpaired) electrons. The number of nitrogens with one attached hydrogen (secondary N) is 1. The van der Waals surface area contributed by atoms with Gasteiger partial charge < -0.3 is 20.3 Å². The van der Waals surface area contributed by atoms with Crippen LogP contribution in [0.1, 0.15) is 277 Å². The number of esters is 1. The summed E-state index contributed by atoms with van der Waals surface area (Å²) in [6.45, 7) is 4.82. The van der Waals surface area contributed by atoms with Gasteiger partial charge in [-0.25, -0.2) is 0 Å². The first-order chi connectivity index (χ1) is 30.0. The van der Waals surface area contributed by atoms with Crippen molar-refractivity contribution in [1.29, 1.82) is 0 Å². The largest absolute Gasteiger partial charge is 0.466 e. The van der Waals surface area contributed by atoms with E-state index in [-0.39, 0.29) is 18.5 Å². The number of carbonyl (C=O) groups excluding carboxylic acids is 2. The minimum absolute atomic E-state index is 0.0367. The average molecular weight is 858 g/mol. The van der Waals surface area contributed by atoms with Crippen LogP contribution in [0.4, 0.5) is 0 Å². The summed E-state index contributed by atoms with van der Waals surface area (Å²) in [5, 5.41) is 23.1. The lowest BCUT2D eigenvalue weighted by molar-refractivity contribution is -0.143. The molecule has 0 fully saturated rings. The third kappa shape index (κ3) is 47.4. The van der Waals surface area contributed by atoms with Crippen LogP contribution in [0.25, 0.3) is 0 Å². The number of unbranched alkanes of at least 4 members (excludes halogenated alkanes) is 34. The summed E-state index contributed by atoms with van der Waals surface area (Å²) in [7, 11) is 0. The highest BCUT2D eigenvalue weighted by Gasteiger charge is 2.18. The minimum Gasteiger partial charge on any atom is -0.466 e. The summed E-state index contributed by atoms with van der Waals surface area (Å²) >= 11 is 0. The molecule has 0 aromatic heterocycles. The van der Waals surface area contributed by atoms with E-state index in [1.807, 2.05) is 6.08 Å². The summed E-state index contributed by atoms with van der Waals surface area (Å²) in [5.41, 5.74) is 0. The van der Waals surface area contributed by atoms with Crippen LogP contribution in [-0.4, -0.2) is 47.4 Å². The molecule has 0 aliphatic rings. The maximum Gasteiger partial charge on any atom is 0.305 e. The first kappa shape index (κ1) is 59.1. The Hall–Kier alpha value is -1.92. The Labute approximate surface area is 379 Å². The maximum absolute atomic E-state index is 12.4. The van der Waals surface area contributed by atoms with Crippen LogP contribution < -0.4 is 5.32 Å². The van der Waals surface area contributed by atoms with Gasteiger partial charge in [0.15, 0.2) is 0 Å². The first-order valence-corrected chi connectivity index (χ1v) is 26.8. The summed E-state index contributed by atoms with van der Waals surface area (Å²) in [5.74, 6) is -0.134. The van der Waals surface area contributed by atoms with Crippen molar-refractivity contribution in [2.24, 2.45) is 0 Å². The third-order valence-electron chi connectivity index (χ3n) is 12.1. The fraction of sp³-hybridized carbons (Fsp3) is 0.855. The van der Waals surface area contributed by atoms with Crippen LogP contribution in [0.5, 0.6) is 0 Å². The number of aliphatic hydroxyl groups excluding tert-OH is 2. The number of carbonyl (C=O) groups is 2. The van der Waals surface area contributed by atoms with E-state index in [0.29, 0.717) is 19.4 Å². The smallest absolute Gasteiger partial charge is 0.305 e. The van der Waals surface area contributed by atoms with Crippen LogP contribution in [-0.2, 0) is 14.3 Å². The molecule has 1 amide bonds. The maximum atomic E-state index is 12.4. The van der Waals surface area contributed by atoms with Crippen molar-refractivity contribution in [3.05, 3.63) is 36.5 Å². The first-order valence-electron chi connectivity index (χ1n) is 26.8. The van der Waals surface area contributed by atoms with Crippen molar-refractivity contribution in [2.45, 2.75) is 289 Å². The average Bonchev–Trinajstić information content (AvgIpc) is 3.26. The van der Waals surface area contributed by atoms with Gasteiger partial charge in [-0.05, 0) is 83.5 Å². The van der Waals surface area contributed by atoms with Gasteiger partial charge in [-0.15, -0.1) is 0 Å². The molecular formula is C55H103NO5. The summed E-state index contributed by atoms with van der Waals surface area (Å²) in [4.78, 5) is 24.5. The molecule has 6 nitrogen and oxygen atoms in total. The molecule has 3 N–H and O–H groups in total. The fourth-order valence-electron chi connectivity index (χ4n) is 7.97. The standard InChI is InChI=1S/C55H103NO5/c1-3-5-7-9-11-13-15-17-19-21-23-25-29-33-37-41-45-49-55(60)61-50-46-42-38-34-30-26-28-32-36-40-44-48-54(59)56-52(51-57)53(58)47-43-39-35-31-27-24-22-20-18-16-14-12-10-8-6-4-2/h17,19,30,34,43,47,52-53,57-58H,3-16,18,20-29,31-33,35-42,44-46,48-51H2,1-2H3,(H,56,59)/b19-17-,34-30-,47-43+. The summed E-state index contributed by atoms with van der Waals surface area (Å²) in [6, 6.07) is -0.649. The second-order valence-corrected chi connectivity index (χ2v) is 18.2. The van der Waals surface area contributed by atoms with Crippen molar-refractivity contribution in [2.75, 3.05) is 13.2 Å². The lowest BCUT2D eigenvalue weighted by atomic mass is 10.0. The minimum atomic E-state index is -0.863. The highest BCUT2D eigenvalue weighted by atomic mass is 16.5. The molecule has 0 heterocycles. The van der Waals surface area contributed by atoms with Gasteiger partial charge in [0.05, 0.1) is 25.4 Å². The Kier molecular flexibility index (Phi) is 49.1. The van der Waals surface area contributed by atoms with Gasteiger partial charge in [0.2, 0.25) is 5.91 Å². The Morgan fingerprint density at radius 2 is 0.770 bits per heavy atom. The molecule has 0 saturated carbocycles. The van der Waals surface area contributed by atoms with Crippen LogP contribution in [0.3, 0.4) is 0 Å². The predicted octanol–water partition coefficient (Wildman–Crippen LogP) is 16.1. The zero-order valence-corrected chi connectivity index (χ0v) is 40.6. The van der Waals surface area contributed by atoms with Gasteiger partial charge in [0.25, 0.3) is 0 Å². The molecule has 61 heavy (non-hydrogen) atoms. The number of aliphatic hydroxyl groups is 2. The third-order valence-corrected chi connectivity index (χ3v) is 12.1. The zero-order valence-electron chi connectivity index (χ0n) is 40.6. The van der Waals surface area contributed by atoms with Crippen LogP contribution in [0.2, 0.25) is 0 Å².